The van der Waals surface area contributed by atoms with Crippen LogP contribution in [-0.2, 0) is 6.42 Å². The van der Waals surface area contributed by atoms with Crippen LogP contribution in [0.2, 0.25) is 0 Å². The molecule has 148 valence electrons. The Morgan fingerprint density at radius 3 is 2.68 bits per heavy atom. The number of ether oxygens (including phenoxy) is 1. The van der Waals surface area contributed by atoms with Crippen molar-refractivity contribution < 1.29 is 9.84 Å². The average molecular weight is 378 g/mol. The summed E-state index contributed by atoms with van der Waals surface area (Å²) in [7, 11) is 0. The molecule has 0 fully saturated rings. The molecule has 1 aliphatic heterocycles. The van der Waals surface area contributed by atoms with E-state index in [0.29, 0.717) is 18.8 Å². The Labute approximate surface area is 169 Å². The molecule has 0 aliphatic carbocycles. The first-order chi connectivity index (χ1) is 13.4. The van der Waals surface area contributed by atoms with Crippen LogP contribution in [0, 0.1) is 17.2 Å². The summed E-state index contributed by atoms with van der Waals surface area (Å²) in [6.45, 7) is 6.06. The lowest BCUT2D eigenvalue weighted by Crippen LogP contribution is -2.39. The molecule has 0 aromatic heterocycles. The number of benzene rings is 2. The second kappa shape index (κ2) is 8.80. The third-order valence-corrected chi connectivity index (χ3v) is 5.98. The summed E-state index contributed by atoms with van der Waals surface area (Å²) < 4.78 is 5.92. The Morgan fingerprint density at radius 2 is 1.96 bits per heavy atom. The van der Waals surface area contributed by atoms with E-state index in [1.54, 1.807) is 6.92 Å². The van der Waals surface area contributed by atoms with E-state index in [4.69, 9.17) is 10.00 Å². The predicted molar refractivity (Wildman–Crippen MR) is 112 cm³/mol. The van der Waals surface area contributed by atoms with Crippen LogP contribution in [0.1, 0.15) is 75.0 Å². The van der Waals surface area contributed by atoms with E-state index in [1.807, 2.05) is 0 Å². The minimum atomic E-state index is -1.18. The van der Waals surface area contributed by atoms with Crippen LogP contribution in [0.5, 0.6) is 5.75 Å². The standard InChI is InChI=1S/C25H31NO2/c1-18(8-7-11-20-9-5-4-6-10-20)21-12-13-22-23(19(2)14-15-26)17-25(3,27)28-24(22)16-21/h4-6,9-10,12-13,16,18-19,23,27H,7-8,11,14,17H2,1-3H3. The van der Waals surface area contributed by atoms with E-state index in [-0.39, 0.29) is 11.8 Å². The maximum atomic E-state index is 10.6. The zero-order chi connectivity index (χ0) is 20.1. The SMILES string of the molecule is CC(CCCc1ccccc1)c1ccc2c(c1)OC(C)(O)CC2C(C)CC#N. The largest absolute Gasteiger partial charge is 0.463 e. The van der Waals surface area contributed by atoms with Gasteiger partial charge in [-0.1, -0.05) is 56.3 Å². The van der Waals surface area contributed by atoms with Crippen LogP contribution >= 0.6 is 0 Å². The number of aryl methyl sites for hydroxylation is 1. The maximum Gasteiger partial charge on any atom is 0.205 e. The summed E-state index contributed by atoms with van der Waals surface area (Å²) in [5, 5.41) is 19.7. The van der Waals surface area contributed by atoms with Crippen LogP contribution in [0.3, 0.4) is 0 Å². The average Bonchev–Trinajstić information content (AvgIpc) is 2.67. The summed E-state index contributed by atoms with van der Waals surface area (Å²) in [6.07, 6.45) is 4.35. The number of fused-ring (bicyclic) bond motifs is 1. The molecule has 3 nitrogen and oxygen atoms in total. The van der Waals surface area contributed by atoms with Crippen LogP contribution in [0.15, 0.2) is 48.5 Å². The van der Waals surface area contributed by atoms with Gasteiger partial charge in [-0.15, -0.1) is 0 Å². The van der Waals surface area contributed by atoms with Crippen LogP contribution < -0.4 is 4.74 Å². The van der Waals surface area contributed by atoms with E-state index in [1.165, 1.54) is 11.1 Å². The Hall–Kier alpha value is -2.31. The summed E-state index contributed by atoms with van der Waals surface area (Å²) in [6, 6.07) is 19.3. The maximum absolute atomic E-state index is 10.6. The second-order valence-corrected chi connectivity index (χ2v) is 8.50. The lowest BCUT2D eigenvalue weighted by molar-refractivity contribution is -0.142. The number of rotatable bonds is 7. The fourth-order valence-electron chi connectivity index (χ4n) is 4.27. The summed E-state index contributed by atoms with van der Waals surface area (Å²) >= 11 is 0. The summed E-state index contributed by atoms with van der Waals surface area (Å²) in [4.78, 5) is 0. The third kappa shape index (κ3) is 4.94. The van der Waals surface area contributed by atoms with Gasteiger partial charge < -0.3 is 9.84 Å². The highest BCUT2D eigenvalue weighted by Gasteiger charge is 2.38. The first-order valence-corrected chi connectivity index (χ1v) is 10.4. The molecule has 2 aromatic carbocycles. The zero-order valence-corrected chi connectivity index (χ0v) is 17.2. The number of aliphatic hydroxyl groups is 1. The van der Waals surface area contributed by atoms with Gasteiger partial charge in [-0.05, 0) is 59.8 Å². The molecule has 1 aliphatic rings. The Morgan fingerprint density at radius 1 is 1.21 bits per heavy atom. The third-order valence-electron chi connectivity index (χ3n) is 5.98. The van der Waals surface area contributed by atoms with E-state index >= 15 is 0 Å². The number of hydrogen-bond acceptors (Lipinski definition) is 3. The van der Waals surface area contributed by atoms with Gasteiger partial charge in [0.25, 0.3) is 0 Å². The van der Waals surface area contributed by atoms with Crippen molar-refractivity contribution >= 4 is 0 Å². The summed E-state index contributed by atoms with van der Waals surface area (Å²) in [5.41, 5.74) is 3.75. The molecule has 1 N–H and O–H groups in total. The van der Waals surface area contributed by atoms with Gasteiger partial charge in [-0.2, -0.15) is 5.26 Å². The van der Waals surface area contributed by atoms with Crippen molar-refractivity contribution in [2.45, 2.75) is 70.5 Å². The van der Waals surface area contributed by atoms with Crippen LogP contribution in [-0.4, -0.2) is 10.9 Å². The van der Waals surface area contributed by atoms with Gasteiger partial charge in [0.1, 0.15) is 5.75 Å². The van der Waals surface area contributed by atoms with Gasteiger partial charge in [-0.25, -0.2) is 0 Å². The monoisotopic (exact) mass is 377 g/mol. The Kier molecular flexibility index (Phi) is 6.42. The highest BCUT2D eigenvalue weighted by molar-refractivity contribution is 5.43. The molecular formula is C25H31NO2. The molecule has 4 unspecified atom stereocenters. The molecule has 4 atom stereocenters. The van der Waals surface area contributed by atoms with Crippen molar-refractivity contribution in [1.82, 2.24) is 0 Å². The zero-order valence-electron chi connectivity index (χ0n) is 17.2. The van der Waals surface area contributed by atoms with Gasteiger partial charge in [0, 0.05) is 19.8 Å². The van der Waals surface area contributed by atoms with E-state index in [9.17, 15) is 5.11 Å². The first kappa shape index (κ1) is 20.4. The van der Waals surface area contributed by atoms with Crippen molar-refractivity contribution in [3.63, 3.8) is 0 Å². The molecule has 0 amide bonds. The lowest BCUT2D eigenvalue weighted by Gasteiger charge is -2.38. The first-order valence-electron chi connectivity index (χ1n) is 10.4. The lowest BCUT2D eigenvalue weighted by atomic mass is 9.78. The highest BCUT2D eigenvalue weighted by Crippen LogP contribution is 2.45. The Bertz CT molecular complexity index is 822. The molecule has 0 radical (unpaired) electrons. The second-order valence-electron chi connectivity index (χ2n) is 8.50. The minimum absolute atomic E-state index is 0.140. The van der Waals surface area contributed by atoms with E-state index in [0.717, 1.165) is 30.6 Å². The van der Waals surface area contributed by atoms with Gasteiger partial charge >= 0.3 is 0 Å². The topological polar surface area (TPSA) is 53.2 Å². The number of hydrogen-bond donors (Lipinski definition) is 1. The fraction of sp³-hybridized carbons (Fsp3) is 0.480. The van der Waals surface area contributed by atoms with Crippen molar-refractivity contribution in [1.29, 1.82) is 5.26 Å². The van der Waals surface area contributed by atoms with Gasteiger partial charge in [0.2, 0.25) is 5.79 Å². The molecule has 0 saturated heterocycles. The molecule has 3 rings (SSSR count). The van der Waals surface area contributed by atoms with Crippen molar-refractivity contribution in [3.8, 4) is 11.8 Å². The Balaban J connectivity index is 1.71. The van der Waals surface area contributed by atoms with Gasteiger partial charge in [0.15, 0.2) is 0 Å². The molecular weight excluding hydrogens is 346 g/mol. The summed E-state index contributed by atoms with van der Waals surface area (Å²) in [5.74, 6) is 0.350. The fourth-order valence-corrected chi connectivity index (χ4v) is 4.27. The molecule has 1 heterocycles. The highest BCUT2D eigenvalue weighted by atomic mass is 16.6. The molecule has 0 spiro atoms. The van der Waals surface area contributed by atoms with Crippen molar-refractivity contribution in [3.05, 3.63) is 65.2 Å². The molecule has 0 bridgehead atoms. The number of nitrogens with zero attached hydrogens (tertiary/aromatic N) is 1. The van der Waals surface area contributed by atoms with Gasteiger partial charge in [0.05, 0.1) is 6.07 Å². The van der Waals surface area contributed by atoms with Crippen molar-refractivity contribution in [2.24, 2.45) is 5.92 Å². The van der Waals surface area contributed by atoms with Crippen molar-refractivity contribution in [2.75, 3.05) is 0 Å². The predicted octanol–water partition coefficient (Wildman–Crippen LogP) is 5.94. The smallest absolute Gasteiger partial charge is 0.205 e. The normalized spacial score (nSPS) is 23.2. The molecule has 28 heavy (non-hydrogen) atoms. The van der Waals surface area contributed by atoms with Crippen LogP contribution in [0.4, 0.5) is 0 Å². The minimum Gasteiger partial charge on any atom is -0.463 e. The van der Waals surface area contributed by atoms with Crippen LogP contribution in [0.25, 0.3) is 0 Å². The molecule has 0 saturated carbocycles. The van der Waals surface area contributed by atoms with E-state index in [2.05, 4.69) is 68.4 Å². The molecule has 3 heteroatoms. The number of nitriles is 1. The quantitative estimate of drug-likeness (QED) is 0.650. The molecule has 2 aromatic rings. The van der Waals surface area contributed by atoms with E-state index < -0.39 is 5.79 Å². The van der Waals surface area contributed by atoms with Gasteiger partial charge in [-0.3, -0.25) is 0 Å².